The number of hydrogen-bond donors (Lipinski definition) is 1. The Morgan fingerprint density at radius 1 is 1.50 bits per heavy atom. The smallest absolute Gasteiger partial charge is 0.138 e. The first kappa shape index (κ1) is 10.9. The molecule has 0 atom stereocenters. The highest BCUT2D eigenvalue weighted by atomic mass is 16.5. The van der Waals surface area contributed by atoms with Crippen molar-refractivity contribution in [2.75, 3.05) is 6.54 Å². The standard InChI is InChI=1S/C11H16N4O/c1-2-5-15-8-13-7-11(15)10-6-9(3-4-12)16-14-10/h6-8H,2-5,12H2,1H3. The minimum Gasteiger partial charge on any atom is -0.361 e. The fraction of sp³-hybridized carbons (Fsp3) is 0.455. The number of rotatable bonds is 5. The van der Waals surface area contributed by atoms with Gasteiger partial charge in [-0.25, -0.2) is 4.98 Å². The summed E-state index contributed by atoms with van der Waals surface area (Å²) in [6, 6.07) is 1.93. The molecule has 0 aromatic carbocycles. The molecule has 5 heteroatoms. The van der Waals surface area contributed by atoms with Crippen LogP contribution in [0.4, 0.5) is 0 Å². The highest BCUT2D eigenvalue weighted by Gasteiger charge is 2.10. The first-order valence-corrected chi connectivity index (χ1v) is 5.51. The van der Waals surface area contributed by atoms with Gasteiger partial charge < -0.3 is 14.8 Å². The molecule has 0 bridgehead atoms. The summed E-state index contributed by atoms with van der Waals surface area (Å²) in [7, 11) is 0. The first-order valence-electron chi connectivity index (χ1n) is 5.51. The van der Waals surface area contributed by atoms with E-state index in [-0.39, 0.29) is 0 Å². The average molecular weight is 220 g/mol. The van der Waals surface area contributed by atoms with Crippen LogP contribution >= 0.6 is 0 Å². The molecule has 0 saturated carbocycles. The van der Waals surface area contributed by atoms with Crippen LogP contribution in [0.1, 0.15) is 19.1 Å². The van der Waals surface area contributed by atoms with Crippen LogP contribution < -0.4 is 5.73 Å². The molecule has 86 valence electrons. The van der Waals surface area contributed by atoms with Crippen LogP contribution in [0.2, 0.25) is 0 Å². The maximum atomic E-state index is 5.46. The summed E-state index contributed by atoms with van der Waals surface area (Å²) in [4.78, 5) is 4.13. The molecule has 0 aliphatic heterocycles. The van der Waals surface area contributed by atoms with Crippen molar-refractivity contribution < 1.29 is 4.52 Å². The van der Waals surface area contributed by atoms with Gasteiger partial charge in [-0.2, -0.15) is 0 Å². The van der Waals surface area contributed by atoms with Gasteiger partial charge >= 0.3 is 0 Å². The molecule has 2 aromatic heterocycles. The molecule has 16 heavy (non-hydrogen) atoms. The zero-order chi connectivity index (χ0) is 11.4. The van der Waals surface area contributed by atoms with Gasteiger partial charge in [0.2, 0.25) is 0 Å². The van der Waals surface area contributed by atoms with Crippen molar-refractivity contribution in [2.24, 2.45) is 5.73 Å². The van der Waals surface area contributed by atoms with Gasteiger partial charge in [-0.05, 0) is 13.0 Å². The van der Waals surface area contributed by atoms with Crippen LogP contribution in [0.5, 0.6) is 0 Å². The Morgan fingerprint density at radius 3 is 3.12 bits per heavy atom. The van der Waals surface area contributed by atoms with Crippen molar-refractivity contribution in [1.29, 1.82) is 0 Å². The zero-order valence-corrected chi connectivity index (χ0v) is 9.39. The normalized spacial score (nSPS) is 10.9. The van der Waals surface area contributed by atoms with E-state index in [1.165, 1.54) is 0 Å². The van der Waals surface area contributed by atoms with E-state index in [2.05, 4.69) is 21.6 Å². The predicted octanol–water partition coefficient (Wildman–Crippen LogP) is 1.45. The fourth-order valence-corrected chi connectivity index (χ4v) is 1.65. The van der Waals surface area contributed by atoms with E-state index < -0.39 is 0 Å². The van der Waals surface area contributed by atoms with Gasteiger partial charge in [0.1, 0.15) is 11.5 Å². The second kappa shape index (κ2) is 4.94. The molecule has 0 amide bonds. The van der Waals surface area contributed by atoms with E-state index in [1.54, 1.807) is 6.20 Å². The lowest BCUT2D eigenvalue weighted by Crippen LogP contribution is -2.01. The van der Waals surface area contributed by atoms with Crippen LogP contribution in [0.25, 0.3) is 11.4 Å². The number of aryl methyl sites for hydroxylation is 1. The quantitative estimate of drug-likeness (QED) is 0.828. The highest BCUT2D eigenvalue weighted by Crippen LogP contribution is 2.19. The molecule has 2 aromatic rings. The molecule has 0 radical (unpaired) electrons. The summed E-state index contributed by atoms with van der Waals surface area (Å²) in [5.41, 5.74) is 7.28. The molecule has 0 spiro atoms. The number of hydrogen-bond acceptors (Lipinski definition) is 4. The van der Waals surface area contributed by atoms with Crippen molar-refractivity contribution in [3.8, 4) is 11.4 Å². The molecule has 0 fully saturated rings. The third kappa shape index (κ3) is 2.14. The lowest BCUT2D eigenvalue weighted by atomic mass is 10.2. The van der Waals surface area contributed by atoms with Gasteiger partial charge in [0, 0.05) is 19.0 Å². The average Bonchev–Trinajstić information content (AvgIpc) is 2.87. The maximum absolute atomic E-state index is 5.46. The van der Waals surface area contributed by atoms with E-state index in [0.29, 0.717) is 6.54 Å². The van der Waals surface area contributed by atoms with Crippen LogP contribution in [-0.4, -0.2) is 21.3 Å². The van der Waals surface area contributed by atoms with E-state index in [0.717, 1.165) is 36.5 Å². The Morgan fingerprint density at radius 2 is 2.38 bits per heavy atom. The van der Waals surface area contributed by atoms with Gasteiger partial charge in [0.15, 0.2) is 0 Å². The third-order valence-electron chi connectivity index (χ3n) is 2.39. The number of imidazole rings is 1. The SMILES string of the molecule is CCCn1cncc1-c1cc(CCN)on1. The molecule has 2 heterocycles. The maximum Gasteiger partial charge on any atom is 0.138 e. The van der Waals surface area contributed by atoms with Crippen LogP contribution in [-0.2, 0) is 13.0 Å². The number of aromatic nitrogens is 3. The molecule has 0 aliphatic carbocycles. The summed E-state index contributed by atoms with van der Waals surface area (Å²) >= 11 is 0. The Labute approximate surface area is 94.3 Å². The van der Waals surface area contributed by atoms with Gasteiger partial charge in [-0.1, -0.05) is 12.1 Å². The lowest BCUT2D eigenvalue weighted by Gasteiger charge is -2.02. The molecule has 5 nitrogen and oxygen atoms in total. The van der Waals surface area contributed by atoms with E-state index in [9.17, 15) is 0 Å². The van der Waals surface area contributed by atoms with Crippen molar-refractivity contribution >= 4 is 0 Å². The molecular formula is C11H16N4O. The highest BCUT2D eigenvalue weighted by molar-refractivity contribution is 5.53. The van der Waals surface area contributed by atoms with E-state index >= 15 is 0 Å². The summed E-state index contributed by atoms with van der Waals surface area (Å²) in [6.07, 6.45) is 5.40. The molecule has 0 saturated heterocycles. The van der Waals surface area contributed by atoms with Crippen LogP contribution in [0.15, 0.2) is 23.1 Å². The van der Waals surface area contributed by atoms with Crippen LogP contribution in [0, 0.1) is 0 Å². The van der Waals surface area contributed by atoms with Crippen molar-refractivity contribution in [2.45, 2.75) is 26.3 Å². The minimum absolute atomic E-state index is 0.572. The monoisotopic (exact) mass is 220 g/mol. The Balaban J connectivity index is 2.24. The van der Waals surface area contributed by atoms with E-state index in [4.69, 9.17) is 10.3 Å². The molecule has 2 rings (SSSR count). The lowest BCUT2D eigenvalue weighted by molar-refractivity contribution is 0.386. The molecule has 0 unspecified atom stereocenters. The van der Waals surface area contributed by atoms with Gasteiger partial charge in [0.05, 0.1) is 18.2 Å². The summed E-state index contributed by atoms with van der Waals surface area (Å²) in [5.74, 6) is 0.821. The minimum atomic E-state index is 0.572. The second-order valence-electron chi connectivity index (χ2n) is 3.69. The summed E-state index contributed by atoms with van der Waals surface area (Å²) in [5, 5.41) is 4.03. The van der Waals surface area contributed by atoms with Gasteiger partial charge in [0.25, 0.3) is 0 Å². The van der Waals surface area contributed by atoms with Gasteiger partial charge in [-0.15, -0.1) is 0 Å². The number of nitrogens with two attached hydrogens (primary N) is 1. The fourth-order valence-electron chi connectivity index (χ4n) is 1.65. The van der Waals surface area contributed by atoms with Crippen LogP contribution in [0.3, 0.4) is 0 Å². The third-order valence-corrected chi connectivity index (χ3v) is 2.39. The topological polar surface area (TPSA) is 69.9 Å². The Bertz CT molecular complexity index is 446. The van der Waals surface area contributed by atoms with E-state index in [1.807, 2.05) is 12.4 Å². The molecule has 0 aliphatic rings. The first-order chi connectivity index (χ1) is 7.85. The van der Waals surface area contributed by atoms with Gasteiger partial charge in [-0.3, -0.25) is 0 Å². The molecule has 2 N–H and O–H groups in total. The number of nitrogens with zero attached hydrogens (tertiary/aromatic N) is 3. The van der Waals surface area contributed by atoms with Crippen molar-refractivity contribution in [3.05, 3.63) is 24.4 Å². The molecular weight excluding hydrogens is 204 g/mol. The largest absolute Gasteiger partial charge is 0.361 e. The summed E-state index contributed by atoms with van der Waals surface area (Å²) in [6.45, 7) is 3.64. The van der Waals surface area contributed by atoms with Crippen molar-refractivity contribution in [1.82, 2.24) is 14.7 Å². The second-order valence-corrected chi connectivity index (χ2v) is 3.69. The summed E-state index contributed by atoms with van der Waals surface area (Å²) < 4.78 is 7.26. The predicted molar refractivity (Wildman–Crippen MR) is 60.8 cm³/mol. The van der Waals surface area contributed by atoms with Crippen molar-refractivity contribution in [3.63, 3.8) is 0 Å². The Hall–Kier alpha value is -1.62. The zero-order valence-electron chi connectivity index (χ0n) is 9.39. The Kier molecular flexibility index (Phi) is 3.36.